The molecule has 16 heteroatoms. The van der Waals surface area contributed by atoms with Crippen LogP contribution in [-0.2, 0) is 14.4 Å². The Morgan fingerprint density at radius 1 is 0.655 bits per heavy atom. The Morgan fingerprint density at radius 2 is 1.17 bits per heavy atom. The predicted octanol–water partition coefficient (Wildman–Crippen LogP) is 12.5. The van der Waals surface area contributed by atoms with Crippen molar-refractivity contribution in [1.29, 1.82) is 0 Å². The number of hydrogen-bond acceptors (Lipinski definition) is 15. The van der Waals surface area contributed by atoms with Crippen molar-refractivity contribution in [2.75, 3.05) is 70.9 Å². The summed E-state index contributed by atoms with van der Waals surface area (Å²) in [6.45, 7) is 28.5. The standard InChI is InChI=1S/C71H85N9O7/c1-45(2)70(74-46(3)17-14-12-11-13-15-18-59-64(81)27-28-65(59)82)71(83)76-48(5)47(4)75-55-23-19-51(20-24-55)53-35-57-41-72-62-39-68(66(84-9)37-60(62)49(6)79(57)43-53)86-33-16-34-87-69-40-63-61(38-67(69)85-10)50(7)80-44-54(36-58(80)42-73-63)52-21-25-56(26-22-52)78-31-29-77(8)30-32-78/h19-28,37-45,48,57-59,70,74-75H,3-4,6-7,11-18,29-36H2,1-2,5,8-10H3,(H,76,83)/t48-,57-,58-,70?/m0/s1. The first-order chi connectivity index (χ1) is 42.0. The van der Waals surface area contributed by atoms with E-state index in [-0.39, 0.29) is 41.5 Å². The van der Waals surface area contributed by atoms with E-state index in [4.69, 9.17) is 28.9 Å². The maximum atomic E-state index is 13.6. The van der Waals surface area contributed by atoms with Gasteiger partial charge in [0.2, 0.25) is 5.91 Å². The lowest BCUT2D eigenvalue weighted by atomic mass is 9.96. The minimum absolute atomic E-state index is 0.0304. The number of piperazine rings is 1. The van der Waals surface area contributed by atoms with Crippen LogP contribution < -0.4 is 39.8 Å². The lowest BCUT2D eigenvalue weighted by Gasteiger charge is -2.34. The van der Waals surface area contributed by atoms with Crippen LogP contribution in [0.15, 0.2) is 145 Å². The van der Waals surface area contributed by atoms with Crippen LogP contribution in [0.25, 0.3) is 22.5 Å². The number of aliphatic imine (C=N–C) groups is 2. The number of carbonyl (C=O) groups is 3. The van der Waals surface area contributed by atoms with Crippen molar-refractivity contribution in [3.8, 4) is 23.0 Å². The summed E-state index contributed by atoms with van der Waals surface area (Å²) in [6.07, 6.45) is 19.5. The van der Waals surface area contributed by atoms with Crippen LogP contribution in [-0.4, -0.2) is 129 Å². The minimum Gasteiger partial charge on any atom is -0.493 e. The van der Waals surface area contributed by atoms with E-state index >= 15 is 0 Å². The molecule has 1 fully saturated rings. The number of carbonyl (C=O) groups excluding carboxylic acids is 3. The molecule has 1 unspecified atom stereocenters. The zero-order valence-corrected chi connectivity index (χ0v) is 51.5. The number of rotatable bonds is 27. The van der Waals surface area contributed by atoms with E-state index in [0.29, 0.717) is 54.8 Å². The second kappa shape index (κ2) is 27.8. The predicted molar refractivity (Wildman–Crippen MR) is 351 cm³/mol. The Hall–Kier alpha value is -8.63. The monoisotopic (exact) mass is 1180 g/mol. The van der Waals surface area contributed by atoms with Crippen molar-refractivity contribution in [2.24, 2.45) is 21.8 Å². The lowest BCUT2D eigenvalue weighted by Crippen LogP contribution is -2.50. The highest BCUT2D eigenvalue weighted by molar-refractivity contribution is 6.18. The third-order valence-electron chi connectivity index (χ3n) is 17.5. The Morgan fingerprint density at radius 3 is 1.70 bits per heavy atom. The van der Waals surface area contributed by atoms with Gasteiger partial charge >= 0.3 is 0 Å². The Labute approximate surface area is 513 Å². The summed E-state index contributed by atoms with van der Waals surface area (Å²) in [4.78, 5) is 56.4. The molecule has 10 rings (SSSR count). The SMILES string of the molecule is C=C(CCCCCCCC1C(=O)C=CC1=O)NC(C(=O)N[C@@H](C)C(=C)Nc1ccc(C2=CN3C(=C)c4cc(OC)c(OCCCOc5cc6c(cc5OC)C(=C)N5C=C(c7ccc(N8CCN(C)CC8)cc7)C[C@H]5C=N6)cc4N=C[C@@H]3C2)cc1)C(C)C. The van der Waals surface area contributed by atoms with Gasteiger partial charge in [0.1, 0.15) is 6.04 Å². The summed E-state index contributed by atoms with van der Waals surface area (Å²) >= 11 is 0. The fourth-order valence-corrected chi connectivity index (χ4v) is 12.1. The average molecular weight is 1180 g/mol. The van der Waals surface area contributed by atoms with Crippen LogP contribution in [0.5, 0.6) is 23.0 Å². The molecule has 0 aromatic heterocycles. The fraction of sp³-hybridized carbons (Fsp3) is 0.394. The highest BCUT2D eigenvalue weighted by Gasteiger charge is 2.33. The van der Waals surface area contributed by atoms with Gasteiger partial charge in [-0.05, 0) is 110 Å². The van der Waals surface area contributed by atoms with Gasteiger partial charge in [0.25, 0.3) is 0 Å². The molecule has 1 saturated heterocycles. The number of nitrogens with zero attached hydrogens (tertiary/aromatic N) is 6. The third kappa shape index (κ3) is 14.5. The van der Waals surface area contributed by atoms with Crippen molar-refractivity contribution in [3.63, 3.8) is 0 Å². The molecule has 3 N–H and O–H groups in total. The van der Waals surface area contributed by atoms with Gasteiger partial charge in [-0.15, -0.1) is 0 Å². The topological polar surface area (TPSA) is 162 Å². The number of unbranched alkanes of at least 4 members (excludes halogenated alkanes) is 4. The number of ketones is 2. The number of likely N-dealkylation sites (N-methyl/N-ethyl adjacent to an activating group) is 1. The van der Waals surface area contributed by atoms with E-state index in [9.17, 15) is 14.4 Å². The molecular weight excluding hydrogens is 1090 g/mol. The maximum Gasteiger partial charge on any atom is 0.243 e. The van der Waals surface area contributed by atoms with Crippen LogP contribution in [0.1, 0.15) is 107 Å². The molecule has 87 heavy (non-hydrogen) atoms. The molecule has 1 amide bonds. The quantitative estimate of drug-likeness (QED) is 0.0382. The first-order valence-electron chi connectivity index (χ1n) is 30.8. The van der Waals surface area contributed by atoms with Crippen molar-refractivity contribution >= 4 is 75.2 Å². The van der Waals surface area contributed by atoms with Crippen LogP contribution in [0.4, 0.5) is 22.7 Å². The van der Waals surface area contributed by atoms with Gasteiger partial charge in [0, 0.05) is 128 Å². The van der Waals surface area contributed by atoms with Gasteiger partial charge in [-0.3, -0.25) is 24.4 Å². The molecule has 5 heterocycles. The highest BCUT2D eigenvalue weighted by atomic mass is 16.5. The number of amides is 1. The molecule has 456 valence electrons. The Kier molecular flexibility index (Phi) is 19.6. The Balaban J connectivity index is 0.670. The van der Waals surface area contributed by atoms with E-state index in [1.165, 1.54) is 29.0 Å². The lowest BCUT2D eigenvalue weighted by molar-refractivity contribution is -0.126. The summed E-state index contributed by atoms with van der Waals surface area (Å²) in [5.74, 6) is 1.70. The summed E-state index contributed by atoms with van der Waals surface area (Å²) in [7, 11) is 5.47. The molecule has 16 nitrogen and oxygen atoms in total. The summed E-state index contributed by atoms with van der Waals surface area (Å²) in [5, 5.41) is 9.92. The van der Waals surface area contributed by atoms with Gasteiger partial charge in [-0.1, -0.05) is 90.1 Å². The van der Waals surface area contributed by atoms with Gasteiger partial charge in [0.05, 0.1) is 62.9 Å². The number of hydrogen-bond donors (Lipinski definition) is 3. The molecule has 6 aliphatic rings. The van der Waals surface area contributed by atoms with Gasteiger partial charge in [0.15, 0.2) is 34.6 Å². The number of methoxy groups -OCH3 is 2. The molecule has 0 bridgehead atoms. The number of anilines is 2. The number of allylic oxidation sites excluding steroid dienone is 3. The number of fused-ring (bicyclic) bond motifs is 4. The van der Waals surface area contributed by atoms with Gasteiger partial charge in [-0.2, -0.15) is 0 Å². The second-order valence-electron chi connectivity index (χ2n) is 24.0. The molecule has 4 aromatic carbocycles. The van der Waals surface area contributed by atoms with Crippen molar-refractivity contribution < 1.29 is 33.3 Å². The molecule has 5 aliphatic heterocycles. The molecule has 0 spiro atoms. The third-order valence-corrected chi connectivity index (χ3v) is 17.5. The fourth-order valence-electron chi connectivity index (χ4n) is 12.1. The summed E-state index contributed by atoms with van der Waals surface area (Å²) in [6, 6.07) is 24.2. The normalized spacial score (nSPS) is 18.7. The van der Waals surface area contributed by atoms with E-state index in [2.05, 4.69) is 118 Å². The molecule has 0 radical (unpaired) electrons. The number of nitrogens with one attached hydrogen (secondary N) is 3. The Bertz CT molecular complexity index is 3410. The minimum atomic E-state index is -0.472. The van der Waals surface area contributed by atoms with Crippen LogP contribution >= 0.6 is 0 Å². The number of ether oxygens (including phenoxy) is 4. The molecular formula is C71H85N9O7. The largest absolute Gasteiger partial charge is 0.493 e. The molecule has 0 saturated carbocycles. The average Bonchev–Trinajstić information content (AvgIpc) is 2.54. The number of benzene rings is 4. The van der Waals surface area contributed by atoms with Crippen molar-refractivity contribution in [3.05, 3.63) is 157 Å². The highest BCUT2D eigenvalue weighted by Crippen LogP contribution is 2.46. The van der Waals surface area contributed by atoms with Crippen LogP contribution in [0, 0.1) is 11.8 Å². The smallest absolute Gasteiger partial charge is 0.243 e. The summed E-state index contributed by atoms with van der Waals surface area (Å²) in [5.41, 5.74) is 13.3. The molecule has 4 aromatic rings. The second-order valence-corrected chi connectivity index (χ2v) is 24.0. The maximum absolute atomic E-state index is 13.6. The zero-order valence-electron chi connectivity index (χ0n) is 51.5. The van der Waals surface area contributed by atoms with E-state index < -0.39 is 12.0 Å². The summed E-state index contributed by atoms with van der Waals surface area (Å²) < 4.78 is 24.4. The molecule has 1 aliphatic carbocycles. The first-order valence-corrected chi connectivity index (χ1v) is 30.8. The van der Waals surface area contributed by atoms with Crippen LogP contribution in [0.2, 0.25) is 0 Å². The van der Waals surface area contributed by atoms with E-state index in [0.717, 1.165) is 134 Å². The zero-order chi connectivity index (χ0) is 61.3. The van der Waals surface area contributed by atoms with Crippen molar-refractivity contribution in [2.45, 2.75) is 109 Å². The van der Waals surface area contributed by atoms with Crippen LogP contribution in [0.3, 0.4) is 0 Å². The van der Waals surface area contributed by atoms with E-state index in [1.54, 1.807) is 14.2 Å². The van der Waals surface area contributed by atoms with Gasteiger partial charge < -0.3 is 54.5 Å². The first kappa shape index (κ1) is 61.5. The van der Waals surface area contributed by atoms with Crippen molar-refractivity contribution in [1.82, 2.24) is 25.3 Å². The van der Waals surface area contributed by atoms with Gasteiger partial charge in [-0.25, -0.2) is 0 Å². The van der Waals surface area contributed by atoms with E-state index in [1.807, 2.05) is 69.6 Å². The molecule has 4 atom stereocenters.